The van der Waals surface area contributed by atoms with E-state index in [4.69, 9.17) is 10.8 Å². The zero-order valence-electron chi connectivity index (χ0n) is 15.5. The van der Waals surface area contributed by atoms with Crippen LogP contribution >= 0.6 is 11.3 Å². The lowest BCUT2D eigenvalue weighted by Gasteiger charge is -2.26. The average Bonchev–Trinajstić information content (AvgIpc) is 3.18. The van der Waals surface area contributed by atoms with Crippen LogP contribution in [0.3, 0.4) is 0 Å². The minimum atomic E-state index is -0.180. The van der Waals surface area contributed by atoms with Gasteiger partial charge in [-0.15, -0.1) is 11.3 Å². The lowest BCUT2D eigenvalue weighted by Crippen LogP contribution is -2.29. The minimum Gasteiger partial charge on any atom is -0.393 e. The SMILES string of the molecule is C=Cc1cc(Nc2nc(NC3CCC(O)CC3)nc3ccsc23)ccc1NN. The Morgan fingerprint density at radius 3 is 2.75 bits per heavy atom. The van der Waals surface area contributed by atoms with Crippen LogP contribution in [0.5, 0.6) is 0 Å². The van der Waals surface area contributed by atoms with Crippen LogP contribution in [-0.2, 0) is 0 Å². The molecule has 3 aromatic rings. The maximum Gasteiger partial charge on any atom is 0.225 e. The molecule has 2 heterocycles. The Morgan fingerprint density at radius 2 is 2.00 bits per heavy atom. The van der Waals surface area contributed by atoms with Gasteiger partial charge < -0.3 is 21.2 Å². The van der Waals surface area contributed by atoms with Crippen LogP contribution in [0.2, 0.25) is 0 Å². The summed E-state index contributed by atoms with van der Waals surface area (Å²) in [6.07, 6.45) is 5.05. The van der Waals surface area contributed by atoms with Crippen molar-refractivity contribution in [3.63, 3.8) is 0 Å². The smallest absolute Gasteiger partial charge is 0.225 e. The van der Waals surface area contributed by atoms with Gasteiger partial charge in [0, 0.05) is 17.3 Å². The summed E-state index contributed by atoms with van der Waals surface area (Å²) in [7, 11) is 0. The average molecular weight is 397 g/mol. The fraction of sp³-hybridized carbons (Fsp3) is 0.300. The zero-order chi connectivity index (χ0) is 19.5. The quantitative estimate of drug-likeness (QED) is 0.316. The van der Waals surface area contributed by atoms with Crippen LogP contribution in [0.4, 0.5) is 23.1 Å². The summed E-state index contributed by atoms with van der Waals surface area (Å²) >= 11 is 1.61. The molecule has 0 aliphatic heterocycles. The van der Waals surface area contributed by atoms with Crippen molar-refractivity contribution >= 4 is 50.8 Å². The van der Waals surface area contributed by atoms with E-state index in [9.17, 15) is 5.11 Å². The highest BCUT2D eigenvalue weighted by Gasteiger charge is 2.20. The Morgan fingerprint density at radius 1 is 1.18 bits per heavy atom. The van der Waals surface area contributed by atoms with E-state index in [1.54, 1.807) is 17.4 Å². The number of hydrogen-bond donors (Lipinski definition) is 5. The molecule has 1 fully saturated rings. The molecular formula is C20H24N6OS. The second kappa shape index (κ2) is 8.14. The number of thiophene rings is 1. The summed E-state index contributed by atoms with van der Waals surface area (Å²) in [5.41, 5.74) is 6.19. The van der Waals surface area contributed by atoms with Crippen molar-refractivity contribution < 1.29 is 5.11 Å². The van der Waals surface area contributed by atoms with Gasteiger partial charge in [-0.25, -0.2) is 4.98 Å². The number of nitrogens with zero attached hydrogens (tertiary/aromatic N) is 2. The van der Waals surface area contributed by atoms with Gasteiger partial charge in [0.25, 0.3) is 0 Å². The molecule has 146 valence electrons. The number of benzene rings is 1. The van der Waals surface area contributed by atoms with Gasteiger partial charge in [-0.1, -0.05) is 12.7 Å². The maximum absolute atomic E-state index is 9.71. The number of fused-ring (bicyclic) bond motifs is 1. The third-order valence-corrected chi connectivity index (χ3v) is 5.93. The molecule has 6 N–H and O–H groups in total. The molecule has 7 nitrogen and oxygen atoms in total. The van der Waals surface area contributed by atoms with Crippen LogP contribution in [-0.4, -0.2) is 27.2 Å². The molecule has 0 atom stereocenters. The van der Waals surface area contributed by atoms with Gasteiger partial charge >= 0.3 is 0 Å². The number of aliphatic hydroxyl groups is 1. The number of rotatable bonds is 6. The van der Waals surface area contributed by atoms with Crippen LogP contribution in [0.1, 0.15) is 31.2 Å². The molecule has 8 heteroatoms. The van der Waals surface area contributed by atoms with Crippen molar-refractivity contribution in [2.45, 2.75) is 37.8 Å². The highest BCUT2D eigenvalue weighted by Crippen LogP contribution is 2.31. The second-order valence-corrected chi connectivity index (χ2v) is 7.87. The Hall–Kier alpha value is -2.68. The predicted octanol–water partition coefficient (Wildman–Crippen LogP) is 4.08. The van der Waals surface area contributed by atoms with Gasteiger partial charge in [0.15, 0.2) is 5.82 Å². The second-order valence-electron chi connectivity index (χ2n) is 6.96. The monoisotopic (exact) mass is 396 g/mol. The molecule has 1 aliphatic carbocycles. The first-order valence-corrected chi connectivity index (χ1v) is 10.2. The molecule has 1 aliphatic rings. The summed E-state index contributed by atoms with van der Waals surface area (Å²) in [5, 5.41) is 18.6. The molecular weight excluding hydrogens is 372 g/mol. The van der Waals surface area contributed by atoms with Gasteiger partial charge in [-0.2, -0.15) is 4.98 Å². The van der Waals surface area contributed by atoms with E-state index in [0.29, 0.717) is 5.95 Å². The van der Waals surface area contributed by atoms with Gasteiger partial charge in [0.2, 0.25) is 5.95 Å². The van der Waals surface area contributed by atoms with Crippen molar-refractivity contribution in [2.24, 2.45) is 5.84 Å². The van der Waals surface area contributed by atoms with E-state index >= 15 is 0 Å². The van der Waals surface area contributed by atoms with E-state index < -0.39 is 0 Å². The van der Waals surface area contributed by atoms with Gasteiger partial charge in [0.05, 0.1) is 22.0 Å². The zero-order valence-corrected chi connectivity index (χ0v) is 16.3. The van der Waals surface area contributed by atoms with Gasteiger partial charge in [0.1, 0.15) is 0 Å². The third kappa shape index (κ3) is 3.94. The lowest BCUT2D eigenvalue weighted by atomic mass is 9.93. The summed E-state index contributed by atoms with van der Waals surface area (Å²) in [5.74, 6) is 6.92. The number of nitrogens with two attached hydrogens (primary N) is 1. The van der Waals surface area contributed by atoms with E-state index in [0.717, 1.165) is 58.7 Å². The molecule has 0 saturated heterocycles. The van der Waals surface area contributed by atoms with Crippen LogP contribution in [0, 0.1) is 0 Å². The Labute approximate surface area is 167 Å². The number of hydrogen-bond acceptors (Lipinski definition) is 8. The van der Waals surface area contributed by atoms with Crippen LogP contribution < -0.4 is 21.9 Å². The van der Waals surface area contributed by atoms with Crippen molar-refractivity contribution in [3.8, 4) is 0 Å². The summed E-state index contributed by atoms with van der Waals surface area (Å²) < 4.78 is 1.01. The molecule has 4 rings (SSSR count). The number of anilines is 4. The van der Waals surface area contributed by atoms with E-state index in [1.165, 1.54) is 0 Å². The molecule has 0 unspecified atom stereocenters. The van der Waals surface area contributed by atoms with E-state index in [2.05, 4.69) is 27.6 Å². The minimum absolute atomic E-state index is 0.180. The molecule has 2 aromatic heterocycles. The van der Waals surface area contributed by atoms with Gasteiger partial charge in [-0.05, 0) is 55.3 Å². The maximum atomic E-state index is 9.71. The molecule has 0 spiro atoms. The number of nitrogens with one attached hydrogen (secondary N) is 3. The predicted molar refractivity (Wildman–Crippen MR) is 117 cm³/mol. The molecule has 0 bridgehead atoms. The van der Waals surface area contributed by atoms with E-state index in [1.807, 2.05) is 29.6 Å². The largest absolute Gasteiger partial charge is 0.393 e. The highest BCUT2D eigenvalue weighted by molar-refractivity contribution is 7.17. The van der Waals surface area contributed by atoms with Crippen molar-refractivity contribution in [1.82, 2.24) is 9.97 Å². The fourth-order valence-electron chi connectivity index (χ4n) is 3.49. The topological polar surface area (TPSA) is 108 Å². The van der Waals surface area contributed by atoms with E-state index in [-0.39, 0.29) is 12.1 Å². The molecule has 28 heavy (non-hydrogen) atoms. The lowest BCUT2D eigenvalue weighted by molar-refractivity contribution is 0.126. The standard InChI is InChI=1S/C20H24N6OS/c1-2-12-11-14(5-8-16(12)26-21)22-19-18-17(9-10-28-18)24-20(25-19)23-13-3-6-15(27)7-4-13/h2,5,8-11,13,15,26-27H,1,3-4,6-7,21H2,(H2,22,23,24,25). The first-order chi connectivity index (χ1) is 13.7. The van der Waals surface area contributed by atoms with Crippen molar-refractivity contribution in [1.29, 1.82) is 0 Å². The first kappa shape index (κ1) is 18.7. The Bertz CT molecular complexity index is 980. The Kier molecular flexibility index (Phi) is 5.43. The third-order valence-electron chi connectivity index (χ3n) is 5.02. The van der Waals surface area contributed by atoms with Crippen molar-refractivity contribution in [2.75, 3.05) is 16.1 Å². The highest BCUT2D eigenvalue weighted by atomic mass is 32.1. The fourth-order valence-corrected chi connectivity index (χ4v) is 4.27. The first-order valence-electron chi connectivity index (χ1n) is 9.36. The number of hydrazine groups is 1. The number of aliphatic hydroxyl groups excluding tert-OH is 1. The van der Waals surface area contributed by atoms with Crippen LogP contribution in [0.15, 0.2) is 36.2 Å². The molecule has 0 radical (unpaired) electrons. The van der Waals surface area contributed by atoms with Crippen LogP contribution in [0.25, 0.3) is 16.3 Å². The van der Waals surface area contributed by atoms with Gasteiger partial charge in [-0.3, -0.25) is 5.84 Å². The molecule has 1 aromatic carbocycles. The molecule has 0 amide bonds. The summed E-state index contributed by atoms with van der Waals surface area (Å²) in [6, 6.07) is 8.10. The Balaban J connectivity index is 1.61. The summed E-state index contributed by atoms with van der Waals surface area (Å²) in [6.45, 7) is 3.84. The normalized spacial score (nSPS) is 19.4. The van der Waals surface area contributed by atoms with Crippen molar-refractivity contribution in [3.05, 3.63) is 41.8 Å². The number of aromatic nitrogens is 2. The molecule has 1 saturated carbocycles. The summed E-state index contributed by atoms with van der Waals surface area (Å²) in [4.78, 5) is 9.38. The number of nitrogen functional groups attached to an aromatic ring is 1.